The van der Waals surface area contributed by atoms with Gasteiger partial charge in [0.05, 0.1) is 24.0 Å². The Bertz CT molecular complexity index is 312. The van der Waals surface area contributed by atoms with Crippen molar-refractivity contribution in [1.82, 2.24) is 20.4 Å². The second kappa shape index (κ2) is 5.93. The van der Waals surface area contributed by atoms with E-state index in [0.717, 1.165) is 5.69 Å². The van der Waals surface area contributed by atoms with Gasteiger partial charge in [0.1, 0.15) is 0 Å². The minimum absolute atomic E-state index is 0.00667. The van der Waals surface area contributed by atoms with Crippen LogP contribution in [0.2, 0.25) is 0 Å². The van der Waals surface area contributed by atoms with Crippen LogP contribution in [0.15, 0.2) is 6.20 Å². The number of nitrogens with zero attached hydrogens (tertiary/aromatic N) is 3. The highest BCUT2D eigenvalue weighted by Crippen LogP contribution is 2.22. The van der Waals surface area contributed by atoms with Gasteiger partial charge >= 0.3 is 0 Å². The number of hydrazine groups is 1. The van der Waals surface area contributed by atoms with Gasteiger partial charge in [-0.2, -0.15) is 0 Å². The molecule has 0 aromatic carbocycles. The first-order valence-corrected chi connectivity index (χ1v) is 5.54. The van der Waals surface area contributed by atoms with Crippen LogP contribution in [0.1, 0.15) is 32.5 Å². The highest BCUT2D eigenvalue weighted by Gasteiger charge is 2.28. The van der Waals surface area contributed by atoms with Gasteiger partial charge < -0.3 is 4.74 Å². The fourth-order valence-electron chi connectivity index (χ4n) is 1.79. The van der Waals surface area contributed by atoms with E-state index in [1.807, 2.05) is 14.0 Å². The van der Waals surface area contributed by atoms with Gasteiger partial charge in [0.15, 0.2) is 0 Å². The summed E-state index contributed by atoms with van der Waals surface area (Å²) in [6.45, 7) is 6.85. The molecule has 0 spiro atoms. The van der Waals surface area contributed by atoms with E-state index >= 15 is 0 Å². The SMILES string of the molecule is CCOC(C(C)C)C(NN)c1cnnn1C. The van der Waals surface area contributed by atoms with Crippen molar-refractivity contribution in [3.8, 4) is 0 Å². The Morgan fingerprint density at radius 2 is 2.25 bits per heavy atom. The molecular formula is C10H21N5O. The first-order valence-electron chi connectivity index (χ1n) is 5.54. The summed E-state index contributed by atoms with van der Waals surface area (Å²) in [6.07, 6.45) is 1.71. The number of nitrogens with one attached hydrogen (secondary N) is 1. The Kier molecular flexibility index (Phi) is 4.85. The van der Waals surface area contributed by atoms with Crippen molar-refractivity contribution in [3.05, 3.63) is 11.9 Å². The van der Waals surface area contributed by atoms with E-state index in [0.29, 0.717) is 12.5 Å². The lowest BCUT2D eigenvalue weighted by atomic mass is 9.97. The molecule has 16 heavy (non-hydrogen) atoms. The largest absolute Gasteiger partial charge is 0.376 e. The molecule has 0 bridgehead atoms. The van der Waals surface area contributed by atoms with Gasteiger partial charge in [-0.15, -0.1) is 5.10 Å². The minimum atomic E-state index is -0.0973. The fourth-order valence-corrected chi connectivity index (χ4v) is 1.79. The van der Waals surface area contributed by atoms with E-state index in [2.05, 4.69) is 29.6 Å². The number of nitrogens with two attached hydrogens (primary N) is 1. The molecule has 0 saturated carbocycles. The van der Waals surface area contributed by atoms with Gasteiger partial charge in [0, 0.05) is 13.7 Å². The lowest BCUT2D eigenvalue weighted by Crippen LogP contribution is -2.41. The molecular weight excluding hydrogens is 206 g/mol. The van der Waals surface area contributed by atoms with Crippen molar-refractivity contribution in [2.75, 3.05) is 6.61 Å². The Labute approximate surface area is 96.1 Å². The molecule has 0 amide bonds. The van der Waals surface area contributed by atoms with Gasteiger partial charge in [-0.25, -0.2) is 5.43 Å². The maximum Gasteiger partial charge on any atom is 0.0909 e. The fraction of sp³-hybridized carbons (Fsp3) is 0.800. The molecule has 2 unspecified atom stereocenters. The van der Waals surface area contributed by atoms with Crippen LogP contribution in [0.4, 0.5) is 0 Å². The summed E-state index contributed by atoms with van der Waals surface area (Å²) in [7, 11) is 1.84. The molecule has 1 aromatic rings. The van der Waals surface area contributed by atoms with E-state index in [-0.39, 0.29) is 12.1 Å². The number of hydrogen-bond acceptors (Lipinski definition) is 5. The third-order valence-corrected chi connectivity index (χ3v) is 2.59. The Balaban J connectivity index is 2.90. The average Bonchev–Trinajstić information content (AvgIpc) is 2.65. The summed E-state index contributed by atoms with van der Waals surface area (Å²) in [4.78, 5) is 0. The summed E-state index contributed by atoms with van der Waals surface area (Å²) in [5.74, 6) is 5.96. The quantitative estimate of drug-likeness (QED) is 0.542. The summed E-state index contributed by atoms with van der Waals surface area (Å²) < 4.78 is 7.43. The molecule has 1 aromatic heterocycles. The highest BCUT2D eigenvalue weighted by atomic mass is 16.5. The predicted octanol–water partition coefficient (Wildman–Crippen LogP) is 0.381. The van der Waals surface area contributed by atoms with Gasteiger partial charge in [0.25, 0.3) is 0 Å². The van der Waals surface area contributed by atoms with Crippen molar-refractivity contribution in [2.45, 2.75) is 32.9 Å². The molecule has 6 heteroatoms. The molecule has 0 saturated heterocycles. The van der Waals surface area contributed by atoms with E-state index < -0.39 is 0 Å². The summed E-state index contributed by atoms with van der Waals surface area (Å²) >= 11 is 0. The Hall–Kier alpha value is -0.980. The topological polar surface area (TPSA) is 78.0 Å². The van der Waals surface area contributed by atoms with Crippen molar-refractivity contribution in [2.24, 2.45) is 18.8 Å². The van der Waals surface area contributed by atoms with E-state index in [1.54, 1.807) is 10.9 Å². The van der Waals surface area contributed by atoms with Crippen molar-refractivity contribution < 1.29 is 4.74 Å². The first kappa shape index (κ1) is 13.1. The molecule has 0 radical (unpaired) electrons. The lowest BCUT2D eigenvalue weighted by molar-refractivity contribution is 0.000898. The van der Waals surface area contributed by atoms with Crippen LogP contribution in [-0.4, -0.2) is 27.7 Å². The summed E-state index contributed by atoms with van der Waals surface area (Å²) in [5.41, 5.74) is 3.71. The molecule has 0 aliphatic heterocycles. The van der Waals surface area contributed by atoms with Crippen molar-refractivity contribution >= 4 is 0 Å². The molecule has 0 aliphatic rings. The molecule has 3 N–H and O–H groups in total. The molecule has 1 rings (SSSR count). The zero-order valence-electron chi connectivity index (χ0n) is 10.3. The molecule has 0 fully saturated rings. The van der Waals surface area contributed by atoms with E-state index in [9.17, 15) is 0 Å². The molecule has 2 atom stereocenters. The number of aromatic nitrogens is 3. The van der Waals surface area contributed by atoms with Crippen LogP contribution in [0.3, 0.4) is 0 Å². The lowest BCUT2D eigenvalue weighted by Gasteiger charge is -2.29. The highest BCUT2D eigenvalue weighted by molar-refractivity contribution is 5.04. The molecule has 6 nitrogen and oxygen atoms in total. The number of rotatable bonds is 6. The third-order valence-electron chi connectivity index (χ3n) is 2.59. The monoisotopic (exact) mass is 227 g/mol. The van der Waals surface area contributed by atoms with Crippen LogP contribution in [0.25, 0.3) is 0 Å². The van der Waals surface area contributed by atoms with Crippen molar-refractivity contribution in [3.63, 3.8) is 0 Å². The normalized spacial score (nSPS) is 15.4. The second-order valence-electron chi connectivity index (χ2n) is 4.09. The minimum Gasteiger partial charge on any atom is -0.376 e. The molecule has 0 aliphatic carbocycles. The molecule has 92 valence electrons. The molecule has 1 heterocycles. The number of aryl methyl sites for hydroxylation is 1. The predicted molar refractivity (Wildman–Crippen MR) is 61.3 cm³/mol. The van der Waals surface area contributed by atoms with Crippen LogP contribution < -0.4 is 11.3 Å². The average molecular weight is 227 g/mol. The zero-order valence-corrected chi connectivity index (χ0v) is 10.3. The Morgan fingerprint density at radius 3 is 2.62 bits per heavy atom. The van der Waals surface area contributed by atoms with Gasteiger partial charge in [0.2, 0.25) is 0 Å². The standard InChI is InChI=1S/C10H21N5O/c1-5-16-10(7(2)3)9(13-11)8-6-12-14-15(8)4/h6-7,9-10,13H,5,11H2,1-4H3. The summed E-state index contributed by atoms with van der Waals surface area (Å²) in [6, 6.07) is -0.0973. The first-order chi connectivity index (χ1) is 7.61. The van der Waals surface area contributed by atoms with Crippen LogP contribution >= 0.6 is 0 Å². The van der Waals surface area contributed by atoms with Crippen LogP contribution in [0.5, 0.6) is 0 Å². The van der Waals surface area contributed by atoms with Crippen LogP contribution in [0, 0.1) is 5.92 Å². The third kappa shape index (κ3) is 2.78. The maximum atomic E-state index is 5.72. The van der Waals surface area contributed by atoms with Gasteiger partial charge in [-0.05, 0) is 12.8 Å². The Morgan fingerprint density at radius 1 is 1.56 bits per heavy atom. The van der Waals surface area contributed by atoms with E-state index in [1.165, 1.54) is 0 Å². The van der Waals surface area contributed by atoms with Crippen molar-refractivity contribution in [1.29, 1.82) is 0 Å². The smallest absolute Gasteiger partial charge is 0.0909 e. The maximum absolute atomic E-state index is 5.72. The number of hydrogen-bond donors (Lipinski definition) is 2. The summed E-state index contributed by atoms with van der Waals surface area (Å²) in [5, 5.41) is 7.76. The second-order valence-corrected chi connectivity index (χ2v) is 4.09. The van der Waals surface area contributed by atoms with Crippen LogP contribution in [-0.2, 0) is 11.8 Å². The van der Waals surface area contributed by atoms with Gasteiger partial charge in [-0.3, -0.25) is 10.5 Å². The van der Waals surface area contributed by atoms with E-state index in [4.69, 9.17) is 10.6 Å². The number of ether oxygens (including phenoxy) is 1. The zero-order chi connectivity index (χ0) is 12.1. The van der Waals surface area contributed by atoms with Gasteiger partial charge in [-0.1, -0.05) is 19.1 Å².